The van der Waals surface area contributed by atoms with Crippen LogP contribution in [0.5, 0.6) is 0 Å². The number of anilines is 1. The first kappa shape index (κ1) is 28.8. The summed E-state index contributed by atoms with van der Waals surface area (Å²) in [5.41, 5.74) is 5.57. The summed E-state index contributed by atoms with van der Waals surface area (Å²) in [4.78, 5) is 50.1. The third-order valence-electron chi connectivity index (χ3n) is 5.87. The number of nitrogens with one attached hydrogen (secondary N) is 4. The highest BCUT2D eigenvalue weighted by Gasteiger charge is 2.34. The van der Waals surface area contributed by atoms with Crippen molar-refractivity contribution in [1.29, 1.82) is 0 Å². The molecule has 4 heterocycles. The van der Waals surface area contributed by atoms with Gasteiger partial charge in [-0.3, -0.25) is 25.3 Å². The Bertz CT molecular complexity index is 1390. The SMILES string of the molecule is CCNC(=O)Nc1cc(-c2nc(C(F)(F)F)cs2)c(-c2cncc(C(=O)NNN3CCN(C(C)=O)CC3)c2)cn1. The number of pyridine rings is 2. The molecule has 0 aliphatic carbocycles. The number of amides is 4. The van der Waals surface area contributed by atoms with Gasteiger partial charge in [0.15, 0.2) is 5.69 Å². The van der Waals surface area contributed by atoms with Crippen LogP contribution in [-0.4, -0.2) is 75.4 Å². The molecule has 16 heteroatoms. The number of hydrogen-bond acceptors (Lipinski definition) is 9. The molecule has 1 aliphatic rings. The molecule has 4 rings (SSSR count). The van der Waals surface area contributed by atoms with Gasteiger partial charge in [0.25, 0.3) is 5.91 Å². The molecule has 0 spiro atoms. The largest absolute Gasteiger partial charge is 0.434 e. The highest BCUT2D eigenvalue weighted by Crippen LogP contribution is 2.38. The topological polar surface area (TPSA) is 144 Å². The van der Waals surface area contributed by atoms with E-state index in [4.69, 9.17) is 0 Å². The number of hydrazine groups is 2. The zero-order chi connectivity index (χ0) is 28.9. The third-order valence-corrected chi connectivity index (χ3v) is 6.75. The lowest BCUT2D eigenvalue weighted by Gasteiger charge is -2.34. The molecule has 0 atom stereocenters. The van der Waals surface area contributed by atoms with Crippen LogP contribution in [0.4, 0.5) is 23.8 Å². The number of thiazole rings is 1. The number of carbonyl (C=O) groups is 3. The number of urea groups is 1. The number of piperazine rings is 1. The van der Waals surface area contributed by atoms with Crippen LogP contribution in [0.15, 0.2) is 36.1 Å². The molecule has 1 aliphatic heterocycles. The monoisotopic (exact) mass is 577 g/mol. The molecule has 1 saturated heterocycles. The Morgan fingerprint density at radius 3 is 2.45 bits per heavy atom. The first-order valence-electron chi connectivity index (χ1n) is 12.1. The lowest BCUT2D eigenvalue weighted by atomic mass is 10.0. The van der Waals surface area contributed by atoms with Crippen molar-refractivity contribution in [3.63, 3.8) is 0 Å². The van der Waals surface area contributed by atoms with Crippen molar-refractivity contribution in [2.75, 3.05) is 38.0 Å². The number of alkyl halides is 3. The summed E-state index contributed by atoms with van der Waals surface area (Å²) >= 11 is 0.786. The lowest BCUT2D eigenvalue weighted by Crippen LogP contribution is -2.57. The van der Waals surface area contributed by atoms with Gasteiger partial charge in [0, 0.05) is 80.3 Å². The summed E-state index contributed by atoms with van der Waals surface area (Å²) < 4.78 is 39.8. The summed E-state index contributed by atoms with van der Waals surface area (Å²) in [7, 11) is 0. The maximum atomic E-state index is 13.3. The van der Waals surface area contributed by atoms with Crippen molar-refractivity contribution in [3.05, 3.63) is 47.4 Å². The predicted molar refractivity (Wildman–Crippen MR) is 141 cm³/mol. The van der Waals surface area contributed by atoms with Crippen LogP contribution in [0.3, 0.4) is 0 Å². The van der Waals surface area contributed by atoms with E-state index in [0.717, 1.165) is 16.7 Å². The van der Waals surface area contributed by atoms with Gasteiger partial charge < -0.3 is 10.2 Å². The number of carbonyl (C=O) groups excluding carboxylic acids is 3. The van der Waals surface area contributed by atoms with Gasteiger partial charge in [-0.05, 0) is 19.1 Å². The van der Waals surface area contributed by atoms with Gasteiger partial charge in [0.05, 0.1) is 5.56 Å². The first-order valence-corrected chi connectivity index (χ1v) is 13.0. The quantitative estimate of drug-likeness (QED) is 0.314. The van der Waals surface area contributed by atoms with E-state index >= 15 is 0 Å². The highest BCUT2D eigenvalue weighted by molar-refractivity contribution is 7.13. The Kier molecular flexibility index (Phi) is 8.91. The molecule has 0 unspecified atom stereocenters. The molecule has 4 N–H and O–H groups in total. The Hall–Kier alpha value is -4.15. The molecule has 212 valence electrons. The summed E-state index contributed by atoms with van der Waals surface area (Å²) in [6.45, 7) is 5.65. The van der Waals surface area contributed by atoms with Crippen LogP contribution in [0.25, 0.3) is 21.7 Å². The fourth-order valence-electron chi connectivity index (χ4n) is 3.83. The normalized spacial score (nSPS) is 14.1. The van der Waals surface area contributed by atoms with Crippen molar-refractivity contribution < 1.29 is 27.6 Å². The standard InChI is InChI=1S/C24H26F3N9O3S/c1-3-29-23(39)32-20-9-17(22-31-19(13-40-22)24(25,26)27)18(12-30-20)15-8-16(11-28-10-15)21(38)33-34-36-6-4-35(5-7-36)14(2)37/h8-13,34H,3-7H2,1-2H3,(H,33,38)(H2,29,30,32,39). The maximum absolute atomic E-state index is 13.3. The molecule has 3 aromatic heterocycles. The predicted octanol–water partition coefficient (Wildman–Crippen LogP) is 2.74. The fourth-order valence-corrected chi connectivity index (χ4v) is 4.68. The number of rotatable bonds is 7. The molecule has 3 aromatic rings. The third kappa shape index (κ3) is 7.08. The second-order valence-electron chi connectivity index (χ2n) is 8.66. The molecule has 40 heavy (non-hydrogen) atoms. The van der Waals surface area contributed by atoms with E-state index in [2.05, 4.69) is 36.5 Å². The molecule has 0 aromatic carbocycles. The van der Waals surface area contributed by atoms with Gasteiger partial charge in [-0.1, -0.05) is 0 Å². The van der Waals surface area contributed by atoms with E-state index in [1.54, 1.807) is 16.8 Å². The maximum Gasteiger partial charge on any atom is 0.434 e. The van der Waals surface area contributed by atoms with Crippen molar-refractivity contribution in [2.45, 2.75) is 20.0 Å². The van der Waals surface area contributed by atoms with Crippen LogP contribution in [0.1, 0.15) is 29.9 Å². The molecule has 1 fully saturated rings. The summed E-state index contributed by atoms with van der Waals surface area (Å²) in [5, 5.41) is 7.80. The molecule has 12 nitrogen and oxygen atoms in total. The zero-order valence-corrected chi connectivity index (χ0v) is 22.3. The molecular weight excluding hydrogens is 551 g/mol. The smallest absolute Gasteiger partial charge is 0.340 e. The van der Waals surface area contributed by atoms with Crippen molar-refractivity contribution in [2.24, 2.45) is 0 Å². The minimum absolute atomic E-state index is 0.0131. The number of hydrogen-bond donors (Lipinski definition) is 4. The summed E-state index contributed by atoms with van der Waals surface area (Å²) in [6, 6.07) is 2.41. The minimum atomic E-state index is -4.63. The molecule has 0 saturated carbocycles. The van der Waals surface area contributed by atoms with Gasteiger partial charge in [0.2, 0.25) is 5.91 Å². The van der Waals surface area contributed by atoms with Crippen LogP contribution in [0, 0.1) is 0 Å². The van der Waals surface area contributed by atoms with Crippen molar-refractivity contribution >= 4 is 35.0 Å². The average molecular weight is 578 g/mol. The van der Waals surface area contributed by atoms with Crippen LogP contribution >= 0.6 is 11.3 Å². The zero-order valence-electron chi connectivity index (χ0n) is 21.5. The second kappa shape index (κ2) is 12.4. The molecule has 0 bridgehead atoms. The summed E-state index contributed by atoms with van der Waals surface area (Å²) in [6.07, 6.45) is -0.468. The van der Waals surface area contributed by atoms with Crippen LogP contribution in [-0.2, 0) is 11.0 Å². The van der Waals surface area contributed by atoms with E-state index < -0.39 is 23.8 Å². The van der Waals surface area contributed by atoms with Gasteiger partial charge in [-0.15, -0.1) is 11.3 Å². The second-order valence-corrected chi connectivity index (χ2v) is 9.51. The lowest BCUT2D eigenvalue weighted by molar-refractivity contribution is -0.140. The Morgan fingerprint density at radius 1 is 1.05 bits per heavy atom. The Labute approximate surface area is 230 Å². The number of nitrogens with zero attached hydrogens (tertiary/aromatic N) is 5. The van der Waals surface area contributed by atoms with E-state index in [0.29, 0.717) is 43.9 Å². The van der Waals surface area contributed by atoms with Gasteiger partial charge in [-0.25, -0.2) is 19.8 Å². The fraction of sp³-hybridized carbons (Fsp3) is 0.333. The van der Waals surface area contributed by atoms with E-state index in [-0.39, 0.29) is 27.9 Å². The van der Waals surface area contributed by atoms with Crippen molar-refractivity contribution in [3.8, 4) is 21.7 Å². The average Bonchev–Trinajstić information content (AvgIpc) is 3.43. The van der Waals surface area contributed by atoms with E-state index in [1.807, 2.05) is 0 Å². The van der Waals surface area contributed by atoms with Gasteiger partial charge >= 0.3 is 12.2 Å². The van der Waals surface area contributed by atoms with Crippen LogP contribution in [0.2, 0.25) is 0 Å². The Morgan fingerprint density at radius 2 is 1.80 bits per heavy atom. The molecule has 0 radical (unpaired) electrons. The summed E-state index contributed by atoms with van der Waals surface area (Å²) in [5.74, 6) is -0.411. The highest BCUT2D eigenvalue weighted by atomic mass is 32.1. The molecule has 4 amide bonds. The number of halogens is 3. The van der Waals surface area contributed by atoms with Crippen LogP contribution < -0.4 is 21.6 Å². The van der Waals surface area contributed by atoms with E-state index in [1.165, 1.54) is 37.6 Å². The van der Waals surface area contributed by atoms with Crippen molar-refractivity contribution in [1.82, 2.24) is 41.1 Å². The van der Waals surface area contributed by atoms with E-state index in [9.17, 15) is 27.6 Å². The molecular formula is C24H26F3N9O3S. The number of aromatic nitrogens is 3. The van der Waals surface area contributed by atoms with Gasteiger partial charge in [0.1, 0.15) is 10.8 Å². The van der Waals surface area contributed by atoms with Gasteiger partial charge in [-0.2, -0.15) is 18.7 Å². The first-order chi connectivity index (χ1) is 19.0. The minimum Gasteiger partial charge on any atom is -0.340 e. The Balaban J connectivity index is 1.57.